The van der Waals surface area contributed by atoms with Gasteiger partial charge in [-0.05, 0) is 66.5 Å². The molecule has 0 aromatic rings. The van der Waals surface area contributed by atoms with Crippen LogP contribution >= 0.6 is 0 Å². The Morgan fingerprint density at radius 2 is 1.33 bits per heavy atom. The summed E-state index contributed by atoms with van der Waals surface area (Å²) in [5.41, 5.74) is 0.503. The van der Waals surface area contributed by atoms with Crippen molar-refractivity contribution in [3.05, 3.63) is 0 Å². The summed E-state index contributed by atoms with van der Waals surface area (Å²) in [6.45, 7) is 12.9. The zero-order valence-corrected chi connectivity index (χ0v) is 19.6. The number of rotatable bonds is 10. The molecule has 30 heavy (non-hydrogen) atoms. The number of piperazine rings is 1. The number of unbranched alkanes of at least 4 members (excludes halogenated alkanes) is 5. The summed E-state index contributed by atoms with van der Waals surface area (Å²) < 4.78 is 5.42. The van der Waals surface area contributed by atoms with Gasteiger partial charge in [0, 0.05) is 37.0 Å². The fourth-order valence-corrected chi connectivity index (χ4v) is 4.10. The van der Waals surface area contributed by atoms with E-state index in [1.807, 2.05) is 0 Å². The second-order valence-corrected chi connectivity index (χ2v) is 9.95. The molecule has 2 saturated heterocycles. The van der Waals surface area contributed by atoms with E-state index < -0.39 is 5.97 Å². The number of carboxylic acid groups (broad SMARTS) is 1. The van der Waals surface area contributed by atoms with Crippen molar-refractivity contribution in [2.75, 3.05) is 26.2 Å². The van der Waals surface area contributed by atoms with Crippen molar-refractivity contribution in [3.63, 3.8) is 0 Å². The number of piperidine rings is 1. The number of nitrogens with one attached hydrogen (secondary N) is 3. The van der Waals surface area contributed by atoms with Crippen LogP contribution in [0.1, 0.15) is 91.9 Å². The van der Waals surface area contributed by atoms with Gasteiger partial charge in [-0.1, -0.05) is 25.7 Å². The summed E-state index contributed by atoms with van der Waals surface area (Å²) in [6.07, 6.45) is 8.49. The molecule has 2 rings (SSSR count). The van der Waals surface area contributed by atoms with Crippen molar-refractivity contribution in [3.8, 4) is 0 Å². The zero-order valence-electron chi connectivity index (χ0n) is 19.6. The highest BCUT2D eigenvalue weighted by atomic mass is 16.5. The number of carbonyl (C=O) groups is 2. The topological polar surface area (TPSA) is 99.7 Å². The van der Waals surface area contributed by atoms with Crippen LogP contribution < -0.4 is 16.0 Å². The summed E-state index contributed by atoms with van der Waals surface area (Å²) in [5, 5.41) is 18.7. The monoisotopic (exact) mass is 427 g/mol. The van der Waals surface area contributed by atoms with Crippen molar-refractivity contribution < 1.29 is 19.4 Å². The third kappa shape index (κ3) is 13.9. The number of hydrogen-bond acceptors (Lipinski definition) is 6. The van der Waals surface area contributed by atoms with Crippen molar-refractivity contribution in [2.24, 2.45) is 0 Å². The highest BCUT2D eigenvalue weighted by Crippen LogP contribution is 2.14. The van der Waals surface area contributed by atoms with E-state index in [0.717, 1.165) is 77.5 Å². The largest absolute Gasteiger partial charge is 0.481 e. The Morgan fingerprint density at radius 3 is 1.80 bits per heavy atom. The van der Waals surface area contributed by atoms with Crippen LogP contribution in [0, 0.1) is 0 Å². The van der Waals surface area contributed by atoms with Gasteiger partial charge in [-0.2, -0.15) is 0 Å². The van der Waals surface area contributed by atoms with Gasteiger partial charge in [0.25, 0.3) is 0 Å². The molecule has 0 atom stereocenters. The number of ether oxygens (including phenoxy) is 1. The predicted molar refractivity (Wildman–Crippen MR) is 121 cm³/mol. The summed E-state index contributed by atoms with van der Waals surface area (Å²) in [4.78, 5) is 21.9. The van der Waals surface area contributed by atoms with E-state index in [4.69, 9.17) is 9.84 Å². The summed E-state index contributed by atoms with van der Waals surface area (Å²) in [7, 11) is 0. The molecule has 0 radical (unpaired) electrons. The van der Waals surface area contributed by atoms with Gasteiger partial charge in [0.1, 0.15) is 6.10 Å². The smallest absolute Gasteiger partial charge is 0.306 e. The van der Waals surface area contributed by atoms with Crippen LogP contribution in [-0.2, 0) is 14.3 Å². The van der Waals surface area contributed by atoms with Gasteiger partial charge < -0.3 is 25.8 Å². The molecule has 0 saturated carbocycles. The maximum atomic E-state index is 11.6. The number of carbonyl (C=O) groups excluding carboxylic acids is 1. The van der Waals surface area contributed by atoms with E-state index >= 15 is 0 Å². The molecule has 176 valence electrons. The van der Waals surface area contributed by atoms with Crippen molar-refractivity contribution in [1.29, 1.82) is 0 Å². The minimum Gasteiger partial charge on any atom is -0.481 e. The first-order valence-electron chi connectivity index (χ1n) is 11.7. The normalized spacial score (nSPS) is 20.7. The minimum absolute atomic E-state index is 0.0669. The molecule has 0 spiro atoms. The molecule has 4 N–H and O–H groups in total. The maximum Gasteiger partial charge on any atom is 0.306 e. The standard InChI is InChI=1S/C15H27NO4.C8H18N2/c17-14(18)7-5-3-1-2-4-6-8-15(19)20-13-9-11-16-12-10-13;1-7(2)5-9-6-8(3,4)10-7/h13,16H,1-12H2,(H,17,18);9-10H,5-6H2,1-4H3. The van der Waals surface area contributed by atoms with Gasteiger partial charge in [0.05, 0.1) is 0 Å². The van der Waals surface area contributed by atoms with Gasteiger partial charge in [-0.15, -0.1) is 0 Å². The second-order valence-electron chi connectivity index (χ2n) is 9.95. The Balaban J connectivity index is 0.000000375. The van der Waals surface area contributed by atoms with Crippen LogP contribution in [0.2, 0.25) is 0 Å². The third-order valence-corrected chi connectivity index (χ3v) is 5.42. The molecule has 2 aliphatic heterocycles. The van der Waals surface area contributed by atoms with E-state index in [0.29, 0.717) is 6.42 Å². The maximum absolute atomic E-state index is 11.6. The molecule has 0 bridgehead atoms. The molecule has 0 aromatic carbocycles. The lowest BCUT2D eigenvalue weighted by Gasteiger charge is -2.42. The van der Waals surface area contributed by atoms with E-state index in [1.54, 1.807) is 0 Å². The average molecular weight is 428 g/mol. The fourth-order valence-electron chi connectivity index (χ4n) is 4.10. The van der Waals surface area contributed by atoms with E-state index in [9.17, 15) is 9.59 Å². The molecular weight excluding hydrogens is 382 g/mol. The lowest BCUT2D eigenvalue weighted by atomic mass is 9.93. The van der Waals surface area contributed by atoms with Gasteiger partial charge in [0.15, 0.2) is 0 Å². The van der Waals surface area contributed by atoms with Gasteiger partial charge in [-0.3, -0.25) is 9.59 Å². The van der Waals surface area contributed by atoms with E-state index in [1.165, 1.54) is 0 Å². The predicted octanol–water partition coefficient (Wildman–Crippen LogP) is 3.22. The summed E-state index contributed by atoms with van der Waals surface area (Å²) in [6, 6.07) is 0. The molecule has 2 heterocycles. The lowest BCUT2D eigenvalue weighted by molar-refractivity contribution is -0.150. The van der Waals surface area contributed by atoms with Crippen LogP contribution in [0.15, 0.2) is 0 Å². The van der Waals surface area contributed by atoms with Crippen LogP contribution in [-0.4, -0.2) is 60.4 Å². The molecule has 7 nitrogen and oxygen atoms in total. The number of aliphatic carboxylic acids is 1. The first kappa shape index (κ1) is 26.9. The number of carboxylic acids is 1. The van der Waals surface area contributed by atoms with Gasteiger partial charge >= 0.3 is 11.9 Å². The Labute approximate surface area is 183 Å². The summed E-state index contributed by atoms with van der Waals surface area (Å²) >= 11 is 0. The second kappa shape index (κ2) is 14.0. The Kier molecular flexibility index (Phi) is 12.5. The molecule has 2 aliphatic rings. The first-order chi connectivity index (χ1) is 14.1. The van der Waals surface area contributed by atoms with E-state index in [-0.39, 0.29) is 29.6 Å². The van der Waals surface area contributed by atoms with Gasteiger partial charge in [0.2, 0.25) is 0 Å². The summed E-state index contributed by atoms with van der Waals surface area (Å²) in [5.74, 6) is -0.784. The minimum atomic E-state index is -0.717. The van der Waals surface area contributed by atoms with Crippen LogP contribution in [0.4, 0.5) is 0 Å². The van der Waals surface area contributed by atoms with Crippen molar-refractivity contribution >= 4 is 11.9 Å². The average Bonchev–Trinajstić information content (AvgIpc) is 2.63. The Bertz CT molecular complexity index is 489. The highest BCUT2D eigenvalue weighted by Gasteiger charge is 2.31. The van der Waals surface area contributed by atoms with Crippen molar-refractivity contribution in [1.82, 2.24) is 16.0 Å². The Hall–Kier alpha value is -1.18. The first-order valence-corrected chi connectivity index (χ1v) is 11.7. The van der Waals surface area contributed by atoms with Crippen LogP contribution in [0.5, 0.6) is 0 Å². The zero-order chi connectivity index (χ0) is 22.5. The third-order valence-electron chi connectivity index (χ3n) is 5.42. The van der Waals surface area contributed by atoms with E-state index in [2.05, 4.69) is 43.6 Å². The number of esters is 1. The molecule has 0 aliphatic carbocycles. The van der Waals surface area contributed by atoms with Gasteiger partial charge in [-0.25, -0.2) is 0 Å². The molecule has 2 fully saturated rings. The van der Waals surface area contributed by atoms with Crippen LogP contribution in [0.3, 0.4) is 0 Å². The molecule has 0 amide bonds. The lowest BCUT2D eigenvalue weighted by Crippen LogP contribution is -2.65. The Morgan fingerprint density at radius 1 is 0.833 bits per heavy atom. The molecular formula is C23H45N3O4. The fraction of sp³-hybridized carbons (Fsp3) is 0.913. The van der Waals surface area contributed by atoms with Crippen molar-refractivity contribution in [2.45, 2.75) is 109 Å². The van der Waals surface area contributed by atoms with Crippen LogP contribution in [0.25, 0.3) is 0 Å². The number of hydrogen-bond donors (Lipinski definition) is 4. The quantitative estimate of drug-likeness (QED) is 0.314. The SMILES string of the molecule is CC1(C)CNCC(C)(C)N1.O=C(O)CCCCCCCCC(=O)OC1CCNCC1. The molecule has 7 heteroatoms. The highest BCUT2D eigenvalue weighted by molar-refractivity contribution is 5.69. The molecule has 0 aromatic heterocycles. The molecule has 0 unspecified atom stereocenters.